The number of hydrogen-bond donors (Lipinski definition) is 2. The van der Waals surface area contributed by atoms with E-state index >= 15 is 0 Å². The number of carbonyl (C=O) groups is 1. The van der Waals surface area contributed by atoms with Gasteiger partial charge in [-0.3, -0.25) is 4.79 Å². The number of nitrogens with two attached hydrogens (primary N) is 1. The maximum absolute atomic E-state index is 11.6. The molecule has 1 atom stereocenters. The summed E-state index contributed by atoms with van der Waals surface area (Å²) < 4.78 is 0.798. The summed E-state index contributed by atoms with van der Waals surface area (Å²) in [6.07, 6.45) is 0.557. The zero-order valence-electron chi connectivity index (χ0n) is 8.83. The molecule has 1 rings (SSSR count). The maximum Gasteiger partial charge on any atom is 0.241 e. The van der Waals surface area contributed by atoms with E-state index in [1.165, 1.54) is 0 Å². The molecule has 4 nitrogen and oxygen atoms in total. The highest BCUT2D eigenvalue weighted by Crippen LogP contribution is 2.20. The monoisotopic (exact) mass is 281 g/mol. The number of rotatable bonds is 3. The van der Waals surface area contributed by atoms with Crippen LogP contribution < -0.4 is 11.1 Å². The van der Waals surface area contributed by atoms with E-state index in [1.807, 2.05) is 13.0 Å². The molecule has 0 saturated heterocycles. The third-order valence-corrected chi connectivity index (χ3v) is 2.63. The van der Waals surface area contributed by atoms with Crippen LogP contribution in [0.2, 0.25) is 0 Å². The summed E-state index contributed by atoms with van der Waals surface area (Å²) in [5.41, 5.74) is 6.48. The molecular formula is C11H12BrN3O. The summed E-state index contributed by atoms with van der Waals surface area (Å²) >= 11 is 3.28. The molecule has 0 aromatic heterocycles. The fourth-order valence-electron chi connectivity index (χ4n) is 1.13. The van der Waals surface area contributed by atoms with E-state index < -0.39 is 6.04 Å². The van der Waals surface area contributed by atoms with Crippen molar-refractivity contribution in [1.82, 2.24) is 0 Å². The number of nitriles is 1. The minimum Gasteiger partial charge on any atom is -0.324 e. The van der Waals surface area contributed by atoms with Gasteiger partial charge in [-0.1, -0.05) is 22.9 Å². The van der Waals surface area contributed by atoms with Gasteiger partial charge in [0, 0.05) is 4.47 Å². The molecule has 1 amide bonds. The van der Waals surface area contributed by atoms with Crippen molar-refractivity contribution in [3.63, 3.8) is 0 Å². The number of anilines is 1. The van der Waals surface area contributed by atoms with Gasteiger partial charge in [0.1, 0.15) is 6.07 Å². The molecule has 5 heteroatoms. The Bertz CT molecular complexity index is 439. The first kappa shape index (κ1) is 12.7. The molecule has 0 bridgehead atoms. The molecule has 3 N–H and O–H groups in total. The minimum absolute atomic E-state index is 0.280. The molecule has 16 heavy (non-hydrogen) atoms. The zero-order chi connectivity index (χ0) is 12.1. The average Bonchev–Trinajstić information content (AvgIpc) is 2.28. The Labute approximate surface area is 103 Å². The van der Waals surface area contributed by atoms with Crippen LogP contribution in [0.15, 0.2) is 22.7 Å². The van der Waals surface area contributed by atoms with Crippen molar-refractivity contribution in [1.29, 1.82) is 5.26 Å². The lowest BCUT2D eigenvalue weighted by Gasteiger charge is -2.11. The molecule has 0 aliphatic rings. The third kappa shape index (κ3) is 3.05. The van der Waals surface area contributed by atoms with Crippen molar-refractivity contribution in [2.75, 3.05) is 5.32 Å². The smallest absolute Gasteiger partial charge is 0.241 e. The Morgan fingerprint density at radius 1 is 1.69 bits per heavy atom. The fraction of sp³-hybridized carbons (Fsp3) is 0.273. The Hall–Kier alpha value is -1.38. The minimum atomic E-state index is -0.550. The molecule has 0 aliphatic carbocycles. The summed E-state index contributed by atoms with van der Waals surface area (Å²) in [7, 11) is 0. The molecule has 0 spiro atoms. The lowest BCUT2D eigenvalue weighted by Crippen LogP contribution is -2.35. The van der Waals surface area contributed by atoms with Crippen LogP contribution in [-0.2, 0) is 4.79 Å². The van der Waals surface area contributed by atoms with Crippen LogP contribution >= 0.6 is 15.9 Å². The van der Waals surface area contributed by atoms with Gasteiger partial charge in [0.05, 0.1) is 17.3 Å². The molecule has 84 valence electrons. The van der Waals surface area contributed by atoms with Gasteiger partial charge < -0.3 is 11.1 Å². The van der Waals surface area contributed by atoms with Crippen LogP contribution in [0.3, 0.4) is 0 Å². The van der Waals surface area contributed by atoms with E-state index in [2.05, 4.69) is 21.2 Å². The van der Waals surface area contributed by atoms with Gasteiger partial charge in [-0.05, 0) is 24.6 Å². The Morgan fingerprint density at radius 2 is 2.38 bits per heavy atom. The quantitative estimate of drug-likeness (QED) is 0.889. The van der Waals surface area contributed by atoms with Crippen molar-refractivity contribution in [2.24, 2.45) is 5.73 Å². The largest absolute Gasteiger partial charge is 0.324 e. The molecule has 1 unspecified atom stereocenters. The molecule has 0 aliphatic heterocycles. The summed E-state index contributed by atoms with van der Waals surface area (Å²) in [6.45, 7) is 1.83. The van der Waals surface area contributed by atoms with Gasteiger partial charge in [0.2, 0.25) is 5.91 Å². The van der Waals surface area contributed by atoms with Gasteiger partial charge in [-0.2, -0.15) is 5.26 Å². The first-order chi connectivity index (χ1) is 7.58. The average molecular weight is 282 g/mol. The topological polar surface area (TPSA) is 78.9 Å². The number of nitrogens with one attached hydrogen (secondary N) is 1. The highest BCUT2D eigenvalue weighted by atomic mass is 79.9. The van der Waals surface area contributed by atoms with Crippen molar-refractivity contribution in [3.05, 3.63) is 28.2 Å². The summed E-state index contributed by atoms with van der Waals surface area (Å²) in [4.78, 5) is 11.6. The fourth-order valence-corrected chi connectivity index (χ4v) is 1.49. The van der Waals surface area contributed by atoms with Gasteiger partial charge in [0.15, 0.2) is 0 Å². The second-order valence-electron chi connectivity index (χ2n) is 3.31. The SMILES string of the molecule is CCC(N)C(=O)Nc1cc(Br)ccc1C#N. The first-order valence-corrected chi connectivity index (χ1v) is 5.64. The Morgan fingerprint density at radius 3 is 2.94 bits per heavy atom. The van der Waals surface area contributed by atoms with Gasteiger partial charge >= 0.3 is 0 Å². The van der Waals surface area contributed by atoms with E-state index in [-0.39, 0.29) is 5.91 Å². The highest BCUT2D eigenvalue weighted by Gasteiger charge is 2.13. The molecule has 0 fully saturated rings. The second-order valence-corrected chi connectivity index (χ2v) is 4.22. The number of amides is 1. The van der Waals surface area contributed by atoms with E-state index in [0.29, 0.717) is 17.7 Å². The standard InChI is InChI=1S/C11H12BrN3O/c1-2-9(14)11(16)15-10-5-8(12)4-3-7(10)6-13/h3-5,9H,2,14H2,1H3,(H,15,16). The van der Waals surface area contributed by atoms with Crippen LogP contribution in [0.25, 0.3) is 0 Å². The third-order valence-electron chi connectivity index (χ3n) is 2.14. The summed E-state index contributed by atoms with van der Waals surface area (Å²) in [5, 5.41) is 11.5. The van der Waals surface area contributed by atoms with E-state index in [9.17, 15) is 4.79 Å². The van der Waals surface area contributed by atoms with Crippen molar-refractivity contribution < 1.29 is 4.79 Å². The lowest BCUT2D eigenvalue weighted by molar-refractivity contribution is -0.117. The van der Waals surface area contributed by atoms with Crippen LogP contribution in [-0.4, -0.2) is 11.9 Å². The lowest BCUT2D eigenvalue weighted by atomic mass is 10.1. The van der Waals surface area contributed by atoms with Crippen molar-refractivity contribution >= 4 is 27.5 Å². The summed E-state index contributed by atoms with van der Waals surface area (Å²) in [6, 6.07) is 6.52. The predicted molar refractivity (Wildman–Crippen MR) is 65.8 cm³/mol. The van der Waals surface area contributed by atoms with E-state index in [1.54, 1.807) is 18.2 Å². The molecule has 0 heterocycles. The molecule has 0 saturated carbocycles. The molecule has 1 aromatic carbocycles. The maximum atomic E-state index is 11.6. The zero-order valence-corrected chi connectivity index (χ0v) is 10.4. The van der Waals surface area contributed by atoms with Gasteiger partial charge in [-0.15, -0.1) is 0 Å². The van der Waals surface area contributed by atoms with Gasteiger partial charge in [-0.25, -0.2) is 0 Å². The van der Waals surface area contributed by atoms with Crippen molar-refractivity contribution in [2.45, 2.75) is 19.4 Å². The number of halogens is 1. The normalized spacial score (nSPS) is 11.6. The van der Waals surface area contributed by atoms with E-state index in [4.69, 9.17) is 11.0 Å². The van der Waals surface area contributed by atoms with E-state index in [0.717, 1.165) is 4.47 Å². The second kappa shape index (κ2) is 5.64. The van der Waals surface area contributed by atoms with Crippen molar-refractivity contribution in [3.8, 4) is 6.07 Å². The van der Waals surface area contributed by atoms with Crippen LogP contribution in [0, 0.1) is 11.3 Å². The predicted octanol–water partition coefficient (Wildman–Crippen LogP) is 2.00. The molecular weight excluding hydrogens is 270 g/mol. The summed E-state index contributed by atoms with van der Waals surface area (Å²) in [5.74, 6) is -0.280. The highest BCUT2D eigenvalue weighted by molar-refractivity contribution is 9.10. The molecule has 1 aromatic rings. The number of hydrogen-bond acceptors (Lipinski definition) is 3. The number of carbonyl (C=O) groups excluding carboxylic acids is 1. The van der Waals surface area contributed by atoms with Crippen LogP contribution in [0.5, 0.6) is 0 Å². The van der Waals surface area contributed by atoms with Crippen LogP contribution in [0.4, 0.5) is 5.69 Å². The number of nitrogens with zero attached hydrogens (tertiary/aromatic N) is 1. The van der Waals surface area contributed by atoms with Crippen LogP contribution in [0.1, 0.15) is 18.9 Å². The number of benzene rings is 1. The Kier molecular flexibility index (Phi) is 4.47. The van der Waals surface area contributed by atoms with Gasteiger partial charge in [0.25, 0.3) is 0 Å². The first-order valence-electron chi connectivity index (χ1n) is 4.84. The Balaban J connectivity index is 2.92. The molecule has 0 radical (unpaired) electrons.